The van der Waals surface area contributed by atoms with Gasteiger partial charge < -0.3 is 19.3 Å². The molecule has 0 aromatic heterocycles. The molecule has 4 aromatic carbocycles. The summed E-state index contributed by atoms with van der Waals surface area (Å²) in [7, 11) is 3.08. The van der Waals surface area contributed by atoms with E-state index in [2.05, 4.69) is 0 Å². The van der Waals surface area contributed by atoms with Gasteiger partial charge in [0.25, 0.3) is 0 Å². The maximum atomic E-state index is 13.7. The summed E-state index contributed by atoms with van der Waals surface area (Å²) in [5.41, 5.74) is 2.22. The topological polar surface area (TPSA) is 82.1 Å². The second-order valence-electron chi connectivity index (χ2n) is 9.21. The Kier molecular flexibility index (Phi) is 6.82. The van der Waals surface area contributed by atoms with Crippen molar-refractivity contribution >= 4 is 22.7 Å². The highest BCUT2D eigenvalue weighted by Gasteiger charge is 2.60. The number of methoxy groups -OCH3 is 2. The normalized spacial score (nSPS) is 20.6. The van der Waals surface area contributed by atoms with Crippen molar-refractivity contribution in [1.29, 1.82) is 0 Å². The zero-order valence-electron chi connectivity index (χ0n) is 20.7. The molecule has 0 unspecified atom stereocenters. The molecule has 1 saturated carbocycles. The van der Waals surface area contributed by atoms with Crippen molar-refractivity contribution in [2.45, 2.75) is 18.4 Å². The number of benzene rings is 4. The van der Waals surface area contributed by atoms with Crippen LogP contribution in [0.15, 0.2) is 91.0 Å². The molecule has 1 aliphatic rings. The maximum absolute atomic E-state index is 13.7. The van der Waals surface area contributed by atoms with Gasteiger partial charge in [-0.15, -0.1) is 0 Å². The largest absolute Gasteiger partial charge is 0.496 e. The van der Waals surface area contributed by atoms with E-state index in [1.165, 1.54) is 14.2 Å². The number of fused-ring (bicyclic) bond motifs is 1. The van der Waals surface area contributed by atoms with E-state index in [1.54, 1.807) is 12.1 Å². The molecular formula is C31H28O6. The third-order valence-corrected chi connectivity index (χ3v) is 7.30. The number of ether oxygens (including phenoxy) is 3. The summed E-state index contributed by atoms with van der Waals surface area (Å²) in [5, 5.41) is 12.5. The zero-order chi connectivity index (χ0) is 25.9. The molecule has 0 aliphatic heterocycles. The lowest BCUT2D eigenvalue weighted by Crippen LogP contribution is -2.51. The fraction of sp³-hybridized carbons (Fsp3) is 0.226. The molecule has 4 aromatic rings. The van der Waals surface area contributed by atoms with Gasteiger partial charge in [0.2, 0.25) is 0 Å². The molecule has 0 saturated heterocycles. The highest BCUT2D eigenvalue weighted by molar-refractivity contribution is 5.86. The molecule has 5 rings (SSSR count). The molecule has 2 atom stereocenters. The van der Waals surface area contributed by atoms with Crippen molar-refractivity contribution in [3.63, 3.8) is 0 Å². The summed E-state index contributed by atoms with van der Waals surface area (Å²) >= 11 is 0. The highest BCUT2D eigenvalue weighted by atomic mass is 16.5. The molecule has 0 bridgehead atoms. The summed E-state index contributed by atoms with van der Waals surface area (Å²) in [6, 6.07) is 28.4. The Morgan fingerprint density at radius 2 is 1.24 bits per heavy atom. The number of carboxylic acids is 1. The lowest BCUT2D eigenvalue weighted by molar-refractivity contribution is -0.165. The first-order valence-corrected chi connectivity index (χ1v) is 12.2. The van der Waals surface area contributed by atoms with Crippen LogP contribution in [0.3, 0.4) is 0 Å². The fourth-order valence-corrected chi connectivity index (χ4v) is 5.59. The second-order valence-corrected chi connectivity index (χ2v) is 9.21. The predicted octanol–water partition coefficient (Wildman–Crippen LogP) is 5.80. The minimum absolute atomic E-state index is 0.0925. The first kappa shape index (κ1) is 24.4. The number of aliphatic carboxylic acids is 1. The van der Waals surface area contributed by atoms with E-state index in [1.807, 2.05) is 78.9 Å². The predicted molar refractivity (Wildman–Crippen MR) is 140 cm³/mol. The van der Waals surface area contributed by atoms with Crippen molar-refractivity contribution < 1.29 is 28.9 Å². The number of carbonyl (C=O) groups excluding carboxylic acids is 1. The van der Waals surface area contributed by atoms with Crippen LogP contribution in [0, 0.1) is 11.8 Å². The molecule has 37 heavy (non-hydrogen) atoms. The van der Waals surface area contributed by atoms with Gasteiger partial charge in [0.05, 0.1) is 26.1 Å². The quantitative estimate of drug-likeness (QED) is 0.311. The minimum Gasteiger partial charge on any atom is -0.496 e. The summed E-state index contributed by atoms with van der Waals surface area (Å²) < 4.78 is 16.9. The summed E-state index contributed by atoms with van der Waals surface area (Å²) in [4.78, 5) is 26.3. The number of esters is 1. The SMILES string of the molecule is COc1ccccc1[C@H]1C(C(=O)O)[C@H](c2ccccc2OC)C1C(=O)OCc1ccc2ccccc2c1. The number of carbonyl (C=O) groups is 2. The van der Waals surface area contributed by atoms with Gasteiger partial charge in [-0.1, -0.05) is 72.8 Å². The van der Waals surface area contributed by atoms with Crippen molar-refractivity contribution in [3.8, 4) is 11.5 Å². The smallest absolute Gasteiger partial charge is 0.310 e. The van der Waals surface area contributed by atoms with Crippen LogP contribution in [0.25, 0.3) is 10.8 Å². The van der Waals surface area contributed by atoms with Crippen LogP contribution in [-0.2, 0) is 20.9 Å². The second kappa shape index (κ2) is 10.3. The van der Waals surface area contributed by atoms with Gasteiger partial charge in [-0.2, -0.15) is 0 Å². The first-order valence-electron chi connectivity index (χ1n) is 12.2. The van der Waals surface area contributed by atoms with E-state index in [-0.39, 0.29) is 6.61 Å². The third kappa shape index (κ3) is 4.51. The van der Waals surface area contributed by atoms with E-state index in [4.69, 9.17) is 14.2 Å². The van der Waals surface area contributed by atoms with Gasteiger partial charge >= 0.3 is 11.9 Å². The Balaban J connectivity index is 1.51. The summed E-state index contributed by atoms with van der Waals surface area (Å²) in [6.45, 7) is 0.0925. The van der Waals surface area contributed by atoms with Crippen molar-refractivity contribution in [1.82, 2.24) is 0 Å². The number of rotatable bonds is 8. The molecule has 1 N–H and O–H groups in total. The van der Waals surface area contributed by atoms with Gasteiger partial charge in [-0.05, 0) is 45.7 Å². The van der Waals surface area contributed by atoms with Crippen LogP contribution in [0.5, 0.6) is 11.5 Å². The average Bonchev–Trinajstić information content (AvgIpc) is 2.91. The Morgan fingerprint density at radius 1 is 0.703 bits per heavy atom. The van der Waals surface area contributed by atoms with Crippen molar-refractivity contribution in [2.75, 3.05) is 14.2 Å². The highest BCUT2D eigenvalue weighted by Crippen LogP contribution is 2.60. The first-order chi connectivity index (χ1) is 18.0. The van der Waals surface area contributed by atoms with Gasteiger partial charge in [0.15, 0.2) is 0 Å². The van der Waals surface area contributed by atoms with Crippen molar-refractivity contribution in [2.24, 2.45) is 11.8 Å². The fourth-order valence-electron chi connectivity index (χ4n) is 5.59. The molecule has 0 heterocycles. The molecule has 1 aliphatic carbocycles. The molecule has 188 valence electrons. The zero-order valence-corrected chi connectivity index (χ0v) is 20.7. The molecular weight excluding hydrogens is 468 g/mol. The van der Waals surface area contributed by atoms with E-state index in [0.29, 0.717) is 22.6 Å². The van der Waals surface area contributed by atoms with Crippen LogP contribution < -0.4 is 9.47 Å². The molecule has 0 spiro atoms. The van der Waals surface area contributed by atoms with Gasteiger partial charge in [0, 0.05) is 11.8 Å². The Morgan fingerprint density at radius 3 is 1.81 bits per heavy atom. The minimum atomic E-state index is -0.981. The lowest BCUT2D eigenvalue weighted by atomic mass is 9.52. The van der Waals surface area contributed by atoms with Crippen LogP contribution >= 0.6 is 0 Å². The van der Waals surface area contributed by atoms with E-state index in [0.717, 1.165) is 16.3 Å². The Hall–Kier alpha value is -4.32. The lowest BCUT2D eigenvalue weighted by Gasteiger charge is -2.49. The molecule has 1 fully saturated rings. The van der Waals surface area contributed by atoms with E-state index < -0.39 is 35.6 Å². The van der Waals surface area contributed by atoms with Gasteiger partial charge in [-0.25, -0.2) is 0 Å². The summed E-state index contributed by atoms with van der Waals surface area (Å²) in [5.74, 6) is -3.16. The molecule has 6 heteroatoms. The molecule has 6 nitrogen and oxygen atoms in total. The van der Waals surface area contributed by atoms with Crippen LogP contribution in [-0.4, -0.2) is 31.3 Å². The average molecular weight is 497 g/mol. The van der Waals surface area contributed by atoms with Gasteiger partial charge in [-0.3, -0.25) is 9.59 Å². The van der Waals surface area contributed by atoms with Crippen LogP contribution in [0.4, 0.5) is 0 Å². The maximum Gasteiger partial charge on any atom is 0.310 e. The van der Waals surface area contributed by atoms with Crippen LogP contribution in [0.1, 0.15) is 28.5 Å². The molecule has 0 radical (unpaired) electrons. The van der Waals surface area contributed by atoms with E-state index in [9.17, 15) is 14.7 Å². The van der Waals surface area contributed by atoms with Gasteiger partial charge in [0.1, 0.15) is 18.1 Å². The number of carboxylic acid groups (broad SMARTS) is 1. The van der Waals surface area contributed by atoms with Crippen LogP contribution in [0.2, 0.25) is 0 Å². The monoisotopic (exact) mass is 496 g/mol. The third-order valence-electron chi connectivity index (χ3n) is 7.30. The standard InChI is InChI=1S/C31H28O6/c1-35-24-13-7-5-11-22(24)26-28(30(32)33)27(23-12-6-8-14-25(23)36-2)29(26)31(34)37-18-19-15-16-20-9-3-4-10-21(20)17-19/h3-17,26-29H,18H2,1-2H3,(H,32,33)/t26-,27-,28?,29?/m0/s1. The Bertz CT molecular complexity index is 1390. The molecule has 0 amide bonds. The Labute approximate surface area is 215 Å². The number of hydrogen-bond acceptors (Lipinski definition) is 5. The summed E-state index contributed by atoms with van der Waals surface area (Å²) in [6.07, 6.45) is 0. The number of para-hydroxylation sites is 2. The van der Waals surface area contributed by atoms with Crippen molar-refractivity contribution in [3.05, 3.63) is 108 Å². The van der Waals surface area contributed by atoms with E-state index >= 15 is 0 Å². The number of hydrogen-bond donors (Lipinski definition) is 1.